The highest BCUT2D eigenvalue weighted by Crippen LogP contribution is 2.48. The topological polar surface area (TPSA) is 104 Å². The fraction of sp³-hybridized carbons (Fsp3) is 0.370. The maximum atomic E-state index is 13.6. The number of hydrogen-bond donors (Lipinski definition) is 1. The minimum absolute atomic E-state index is 0.0672. The standard InChI is InChI=1S/C27H29NO7/c1-14-24(27(31)35-5)25(16-7-8-21(32-2)19(29)11-16)26-18(28-14)10-17(12-20(26)30)15-6-9-22(33-3)23(13-15)34-4/h6-9,11,13,17,24-25,29H,10,12H2,1-5H3/t17-,24?,25-/m1/s1. The van der Waals surface area contributed by atoms with Crippen LogP contribution in [0.25, 0.3) is 0 Å². The van der Waals surface area contributed by atoms with Crippen molar-refractivity contribution in [2.75, 3.05) is 28.4 Å². The normalized spacial score (nSPS) is 21.7. The van der Waals surface area contributed by atoms with Crippen LogP contribution in [0.4, 0.5) is 0 Å². The summed E-state index contributed by atoms with van der Waals surface area (Å²) in [5.41, 5.74) is 3.28. The largest absolute Gasteiger partial charge is 0.504 e. The first-order valence-corrected chi connectivity index (χ1v) is 11.3. The molecule has 8 nitrogen and oxygen atoms in total. The Morgan fingerprint density at radius 1 is 0.914 bits per heavy atom. The average molecular weight is 480 g/mol. The number of carbonyl (C=O) groups excluding carboxylic acids is 2. The van der Waals surface area contributed by atoms with E-state index in [9.17, 15) is 14.7 Å². The molecule has 184 valence electrons. The third kappa shape index (κ3) is 4.36. The van der Waals surface area contributed by atoms with Crippen LogP contribution < -0.4 is 14.2 Å². The lowest BCUT2D eigenvalue weighted by Crippen LogP contribution is -2.37. The summed E-state index contributed by atoms with van der Waals surface area (Å²) in [7, 11) is 5.93. The summed E-state index contributed by atoms with van der Waals surface area (Å²) in [6.45, 7) is 1.77. The highest BCUT2D eigenvalue weighted by atomic mass is 16.5. The summed E-state index contributed by atoms with van der Waals surface area (Å²) < 4.78 is 21.0. The monoisotopic (exact) mass is 479 g/mol. The molecule has 2 aromatic rings. The van der Waals surface area contributed by atoms with Crippen molar-refractivity contribution < 1.29 is 33.6 Å². The fourth-order valence-electron chi connectivity index (χ4n) is 5.09. The molecule has 0 bridgehead atoms. The number of benzene rings is 2. The van der Waals surface area contributed by atoms with E-state index in [2.05, 4.69) is 0 Å². The molecule has 1 aliphatic carbocycles. The lowest BCUT2D eigenvalue weighted by atomic mass is 9.69. The van der Waals surface area contributed by atoms with Gasteiger partial charge in [0.2, 0.25) is 0 Å². The molecule has 2 aromatic carbocycles. The number of allylic oxidation sites excluding steroid dienone is 2. The molecule has 0 amide bonds. The van der Waals surface area contributed by atoms with Crippen LogP contribution in [-0.4, -0.2) is 51.0 Å². The number of ether oxygens (including phenoxy) is 4. The van der Waals surface area contributed by atoms with E-state index in [-0.39, 0.29) is 23.9 Å². The molecule has 1 N–H and O–H groups in total. The average Bonchev–Trinajstić information content (AvgIpc) is 2.86. The van der Waals surface area contributed by atoms with Gasteiger partial charge in [0.15, 0.2) is 28.8 Å². The van der Waals surface area contributed by atoms with Crippen molar-refractivity contribution in [1.29, 1.82) is 0 Å². The first-order valence-electron chi connectivity index (χ1n) is 11.3. The van der Waals surface area contributed by atoms with Crippen LogP contribution in [0.2, 0.25) is 0 Å². The maximum Gasteiger partial charge on any atom is 0.315 e. The summed E-state index contributed by atoms with van der Waals surface area (Å²) in [6, 6.07) is 10.6. The Balaban J connectivity index is 1.79. The third-order valence-corrected chi connectivity index (χ3v) is 6.78. The van der Waals surface area contributed by atoms with Crippen LogP contribution >= 0.6 is 0 Å². The number of phenols is 1. The molecule has 0 aromatic heterocycles. The van der Waals surface area contributed by atoms with Gasteiger partial charge in [-0.05, 0) is 54.7 Å². The number of aliphatic imine (C=N–C) groups is 1. The van der Waals surface area contributed by atoms with Crippen molar-refractivity contribution in [3.05, 3.63) is 58.8 Å². The van der Waals surface area contributed by atoms with E-state index in [1.165, 1.54) is 20.3 Å². The van der Waals surface area contributed by atoms with Gasteiger partial charge < -0.3 is 24.1 Å². The Morgan fingerprint density at radius 2 is 1.57 bits per heavy atom. The minimum atomic E-state index is -0.770. The van der Waals surface area contributed by atoms with Gasteiger partial charge in [-0.2, -0.15) is 0 Å². The van der Waals surface area contributed by atoms with Gasteiger partial charge in [0.05, 0.1) is 28.4 Å². The highest BCUT2D eigenvalue weighted by Gasteiger charge is 2.44. The first kappa shape index (κ1) is 24.3. The molecule has 3 atom stereocenters. The Bertz CT molecular complexity index is 1230. The number of Topliss-reactive ketones (excluding diaryl/α,β-unsaturated/α-hetero) is 1. The summed E-state index contributed by atoms with van der Waals surface area (Å²) in [5.74, 6) is -0.604. The van der Waals surface area contributed by atoms with Crippen LogP contribution in [0.1, 0.15) is 42.7 Å². The van der Waals surface area contributed by atoms with Gasteiger partial charge >= 0.3 is 5.97 Å². The lowest BCUT2D eigenvalue weighted by molar-refractivity contribution is -0.143. The second kappa shape index (κ2) is 9.82. The summed E-state index contributed by atoms with van der Waals surface area (Å²) >= 11 is 0. The summed E-state index contributed by atoms with van der Waals surface area (Å²) in [5, 5.41) is 10.4. The van der Waals surface area contributed by atoms with Crippen molar-refractivity contribution >= 4 is 17.5 Å². The zero-order valence-corrected chi connectivity index (χ0v) is 20.5. The van der Waals surface area contributed by atoms with E-state index in [0.29, 0.717) is 46.2 Å². The van der Waals surface area contributed by atoms with Gasteiger partial charge in [-0.1, -0.05) is 12.1 Å². The quantitative estimate of drug-likeness (QED) is 0.620. The molecule has 0 spiro atoms. The van der Waals surface area contributed by atoms with Crippen LogP contribution in [0.5, 0.6) is 23.0 Å². The molecule has 0 radical (unpaired) electrons. The van der Waals surface area contributed by atoms with Gasteiger partial charge in [-0.25, -0.2) is 0 Å². The number of hydrogen-bond acceptors (Lipinski definition) is 8. The number of ketones is 1. The molecule has 0 fully saturated rings. The molecule has 35 heavy (non-hydrogen) atoms. The number of esters is 1. The van der Waals surface area contributed by atoms with Crippen molar-refractivity contribution in [3.8, 4) is 23.0 Å². The zero-order valence-electron chi connectivity index (χ0n) is 20.5. The van der Waals surface area contributed by atoms with Crippen LogP contribution in [-0.2, 0) is 14.3 Å². The Morgan fingerprint density at radius 3 is 2.20 bits per heavy atom. The van der Waals surface area contributed by atoms with Crippen LogP contribution in [0.3, 0.4) is 0 Å². The van der Waals surface area contributed by atoms with E-state index in [1.54, 1.807) is 33.3 Å². The number of aromatic hydroxyl groups is 1. The van der Waals surface area contributed by atoms with E-state index in [0.717, 1.165) is 5.56 Å². The summed E-state index contributed by atoms with van der Waals surface area (Å²) in [4.78, 5) is 31.2. The molecular weight excluding hydrogens is 450 g/mol. The molecule has 0 saturated heterocycles. The third-order valence-electron chi connectivity index (χ3n) is 6.78. The molecule has 1 unspecified atom stereocenters. The Labute approximate surface area is 204 Å². The molecule has 1 aliphatic heterocycles. The molecule has 0 saturated carbocycles. The molecule has 1 heterocycles. The smallest absolute Gasteiger partial charge is 0.315 e. The molecule has 8 heteroatoms. The number of methoxy groups -OCH3 is 4. The first-order chi connectivity index (χ1) is 16.8. The SMILES string of the molecule is COC(=O)C1C(C)=NC2=C(C(=O)C[C@H](c3ccc(OC)c(OC)c3)C2)[C@@H]1c1ccc(OC)c(O)c1. The van der Waals surface area contributed by atoms with Crippen molar-refractivity contribution in [2.45, 2.75) is 31.6 Å². The van der Waals surface area contributed by atoms with Gasteiger partial charge in [-0.3, -0.25) is 14.6 Å². The predicted octanol–water partition coefficient (Wildman–Crippen LogP) is 4.17. The van der Waals surface area contributed by atoms with Crippen LogP contribution in [0, 0.1) is 5.92 Å². The van der Waals surface area contributed by atoms with Gasteiger partial charge in [0, 0.05) is 29.3 Å². The number of phenolic OH excluding ortho intramolecular Hbond substituents is 1. The summed E-state index contributed by atoms with van der Waals surface area (Å²) in [6.07, 6.45) is 0.788. The number of carbonyl (C=O) groups is 2. The minimum Gasteiger partial charge on any atom is -0.504 e. The highest BCUT2D eigenvalue weighted by molar-refractivity contribution is 6.09. The van der Waals surface area contributed by atoms with Gasteiger partial charge in [0.1, 0.15) is 5.92 Å². The predicted molar refractivity (Wildman–Crippen MR) is 130 cm³/mol. The maximum absolute atomic E-state index is 13.6. The second-order valence-corrected chi connectivity index (χ2v) is 8.67. The van der Waals surface area contributed by atoms with E-state index >= 15 is 0 Å². The second-order valence-electron chi connectivity index (χ2n) is 8.67. The number of rotatable bonds is 6. The van der Waals surface area contributed by atoms with Gasteiger partial charge in [-0.15, -0.1) is 0 Å². The van der Waals surface area contributed by atoms with Crippen LogP contribution in [0.15, 0.2) is 52.7 Å². The van der Waals surface area contributed by atoms with Crippen molar-refractivity contribution in [3.63, 3.8) is 0 Å². The fourth-order valence-corrected chi connectivity index (χ4v) is 5.09. The Hall–Kier alpha value is -3.81. The Kier molecular flexibility index (Phi) is 6.82. The van der Waals surface area contributed by atoms with Crippen molar-refractivity contribution in [2.24, 2.45) is 10.9 Å². The van der Waals surface area contributed by atoms with E-state index in [4.69, 9.17) is 23.9 Å². The van der Waals surface area contributed by atoms with E-state index in [1.807, 2.05) is 18.2 Å². The zero-order chi connectivity index (χ0) is 25.3. The van der Waals surface area contributed by atoms with Gasteiger partial charge in [0.25, 0.3) is 0 Å². The number of nitrogens with zero attached hydrogens (tertiary/aromatic N) is 1. The van der Waals surface area contributed by atoms with E-state index < -0.39 is 17.8 Å². The van der Waals surface area contributed by atoms with Crippen molar-refractivity contribution in [1.82, 2.24) is 0 Å². The molecule has 2 aliphatic rings. The molecule has 4 rings (SSSR count). The lowest BCUT2D eigenvalue weighted by Gasteiger charge is -2.36. The molecular formula is C27H29NO7.